The predicted octanol–water partition coefficient (Wildman–Crippen LogP) is 3.57. The molecule has 0 saturated carbocycles. The molecule has 1 aromatic carbocycles. The molecule has 0 spiro atoms. The van der Waals surface area contributed by atoms with Crippen LogP contribution in [0.2, 0.25) is 0 Å². The highest BCUT2D eigenvalue weighted by Crippen LogP contribution is 2.35. The van der Waals surface area contributed by atoms with Crippen LogP contribution in [0.5, 0.6) is 0 Å². The molecule has 2 aromatic heterocycles. The van der Waals surface area contributed by atoms with Gasteiger partial charge in [0.15, 0.2) is 6.61 Å². The van der Waals surface area contributed by atoms with Crippen molar-refractivity contribution in [1.82, 2.24) is 4.98 Å². The monoisotopic (exact) mass is 391 g/mol. The molecule has 1 amide bonds. The molecule has 0 unspecified atom stereocenters. The number of halogens is 2. The van der Waals surface area contributed by atoms with Crippen LogP contribution in [0, 0.1) is 25.5 Å². The number of pyridine rings is 1. The van der Waals surface area contributed by atoms with Crippen LogP contribution >= 0.6 is 11.3 Å². The van der Waals surface area contributed by atoms with Crippen molar-refractivity contribution in [2.45, 2.75) is 13.8 Å². The summed E-state index contributed by atoms with van der Waals surface area (Å²) in [6, 6.07) is 4.56. The van der Waals surface area contributed by atoms with Gasteiger partial charge in [0, 0.05) is 17.1 Å². The number of amides is 1. The maximum absolute atomic E-state index is 13.5. The second-order valence-electron chi connectivity index (χ2n) is 5.85. The summed E-state index contributed by atoms with van der Waals surface area (Å²) in [6.45, 7) is 3.05. The molecule has 140 valence electrons. The van der Waals surface area contributed by atoms with Crippen LogP contribution in [0.4, 0.5) is 20.2 Å². The Morgan fingerprint density at radius 1 is 1.26 bits per heavy atom. The number of hydrogen-bond donors (Lipinski definition) is 2. The van der Waals surface area contributed by atoms with E-state index in [1.165, 1.54) is 0 Å². The minimum Gasteiger partial charge on any atom is -0.451 e. The number of benzene rings is 1. The van der Waals surface area contributed by atoms with Crippen molar-refractivity contribution in [3.05, 3.63) is 52.0 Å². The van der Waals surface area contributed by atoms with Crippen LogP contribution in [0.1, 0.15) is 20.9 Å². The quantitative estimate of drug-likeness (QED) is 0.663. The number of esters is 1. The Bertz CT molecular complexity index is 1070. The summed E-state index contributed by atoms with van der Waals surface area (Å²) >= 11 is 1.08. The maximum atomic E-state index is 13.5. The van der Waals surface area contributed by atoms with Gasteiger partial charge in [-0.15, -0.1) is 11.3 Å². The lowest BCUT2D eigenvalue weighted by atomic mass is 10.1. The van der Waals surface area contributed by atoms with E-state index in [-0.39, 0.29) is 16.3 Å². The second kappa shape index (κ2) is 7.28. The maximum Gasteiger partial charge on any atom is 0.351 e. The van der Waals surface area contributed by atoms with Crippen LogP contribution in [0.3, 0.4) is 0 Å². The number of rotatable bonds is 4. The Balaban J connectivity index is 1.70. The number of nitrogens with one attached hydrogen (secondary N) is 1. The predicted molar refractivity (Wildman–Crippen MR) is 98.8 cm³/mol. The second-order valence-corrected chi connectivity index (χ2v) is 6.85. The van der Waals surface area contributed by atoms with E-state index in [9.17, 15) is 18.4 Å². The van der Waals surface area contributed by atoms with Gasteiger partial charge in [-0.3, -0.25) is 4.79 Å². The highest BCUT2D eigenvalue weighted by molar-refractivity contribution is 7.21. The molecule has 0 saturated heterocycles. The molecule has 0 aliphatic carbocycles. The highest BCUT2D eigenvalue weighted by atomic mass is 32.1. The van der Waals surface area contributed by atoms with Crippen molar-refractivity contribution in [3.63, 3.8) is 0 Å². The van der Waals surface area contributed by atoms with Crippen molar-refractivity contribution < 1.29 is 23.1 Å². The van der Waals surface area contributed by atoms with E-state index in [4.69, 9.17) is 10.5 Å². The number of aromatic nitrogens is 1. The fourth-order valence-electron chi connectivity index (χ4n) is 2.59. The molecule has 6 nitrogen and oxygen atoms in total. The summed E-state index contributed by atoms with van der Waals surface area (Å²) < 4.78 is 31.4. The van der Waals surface area contributed by atoms with Crippen LogP contribution in [-0.2, 0) is 9.53 Å². The lowest BCUT2D eigenvalue weighted by Crippen LogP contribution is -2.21. The minimum absolute atomic E-state index is 0.145. The van der Waals surface area contributed by atoms with Gasteiger partial charge >= 0.3 is 5.97 Å². The van der Waals surface area contributed by atoms with Gasteiger partial charge in [-0.2, -0.15) is 0 Å². The van der Waals surface area contributed by atoms with Crippen LogP contribution < -0.4 is 11.1 Å². The first-order valence-electron chi connectivity index (χ1n) is 7.84. The highest BCUT2D eigenvalue weighted by Gasteiger charge is 2.21. The average Bonchev–Trinajstić information content (AvgIpc) is 2.92. The van der Waals surface area contributed by atoms with Crippen molar-refractivity contribution in [2.75, 3.05) is 17.7 Å². The Morgan fingerprint density at radius 2 is 2.00 bits per heavy atom. The van der Waals surface area contributed by atoms with Gasteiger partial charge in [0.25, 0.3) is 5.91 Å². The van der Waals surface area contributed by atoms with Gasteiger partial charge < -0.3 is 15.8 Å². The Labute approximate surface area is 157 Å². The zero-order valence-corrected chi connectivity index (χ0v) is 15.2. The third-order valence-corrected chi connectivity index (χ3v) is 4.83. The number of thiophene rings is 1. The van der Waals surface area contributed by atoms with Gasteiger partial charge in [-0.1, -0.05) is 0 Å². The van der Waals surface area contributed by atoms with Gasteiger partial charge in [-0.25, -0.2) is 18.6 Å². The van der Waals surface area contributed by atoms with Gasteiger partial charge in [0.05, 0.1) is 11.4 Å². The number of hydrogen-bond acceptors (Lipinski definition) is 6. The van der Waals surface area contributed by atoms with E-state index < -0.39 is 30.1 Å². The number of nitrogens with zero attached hydrogens (tertiary/aromatic N) is 1. The number of aryl methyl sites for hydroxylation is 2. The van der Waals surface area contributed by atoms with Crippen LogP contribution in [-0.4, -0.2) is 23.5 Å². The van der Waals surface area contributed by atoms with E-state index >= 15 is 0 Å². The molecule has 0 bridgehead atoms. The number of anilines is 2. The molecule has 0 aliphatic heterocycles. The van der Waals surface area contributed by atoms with Crippen molar-refractivity contribution in [1.29, 1.82) is 0 Å². The molecular weight excluding hydrogens is 376 g/mol. The van der Waals surface area contributed by atoms with Crippen LogP contribution in [0.15, 0.2) is 24.3 Å². The number of carbonyl (C=O) groups excluding carboxylic acids is 2. The smallest absolute Gasteiger partial charge is 0.351 e. The molecule has 3 N–H and O–H groups in total. The number of fused-ring (bicyclic) bond motifs is 1. The van der Waals surface area contributed by atoms with E-state index in [1.54, 1.807) is 0 Å². The van der Waals surface area contributed by atoms with Crippen molar-refractivity contribution in [3.8, 4) is 0 Å². The lowest BCUT2D eigenvalue weighted by molar-refractivity contribution is -0.119. The SMILES string of the molecule is Cc1cc(C)c2c(N)c(C(=O)OCC(=O)Nc3ccc(F)cc3F)sc2n1. The topological polar surface area (TPSA) is 94.3 Å². The van der Waals surface area contributed by atoms with Gasteiger partial charge in [0.1, 0.15) is 21.3 Å². The van der Waals surface area contributed by atoms with Crippen molar-refractivity contribution in [2.24, 2.45) is 0 Å². The number of carbonyl (C=O) groups is 2. The molecule has 3 rings (SSSR count). The van der Waals surface area contributed by atoms with E-state index in [0.29, 0.717) is 16.3 Å². The first-order valence-corrected chi connectivity index (χ1v) is 8.66. The van der Waals surface area contributed by atoms with E-state index in [2.05, 4.69) is 10.3 Å². The van der Waals surface area contributed by atoms with Crippen molar-refractivity contribution >= 4 is 44.8 Å². The summed E-state index contributed by atoms with van der Waals surface area (Å²) in [7, 11) is 0. The van der Waals surface area contributed by atoms with Gasteiger partial charge in [0.2, 0.25) is 0 Å². The third kappa shape index (κ3) is 3.87. The fraction of sp³-hybridized carbons (Fsp3) is 0.167. The fourth-order valence-corrected chi connectivity index (χ4v) is 3.70. The van der Waals surface area contributed by atoms with E-state index in [1.807, 2.05) is 19.9 Å². The number of ether oxygens (including phenoxy) is 1. The standard InChI is InChI=1S/C18H15F2N3O3S/c1-8-5-9(2)22-17-14(8)15(21)16(27-17)18(25)26-7-13(24)23-12-4-3-10(19)6-11(12)20/h3-6H,7,21H2,1-2H3,(H,23,24). The molecule has 2 heterocycles. The molecule has 0 radical (unpaired) electrons. The Hall–Kier alpha value is -3.07. The molecule has 0 fully saturated rings. The van der Waals surface area contributed by atoms with E-state index in [0.717, 1.165) is 34.7 Å². The summed E-state index contributed by atoms with van der Waals surface area (Å²) in [5, 5.41) is 2.88. The molecule has 9 heteroatoms. The molecule has 27 heavy (non-hydrogen) atoms. The molecule has 0 aliphatic rings. The first-order chi connectivity index (χ1) is 12.8. The summed E-state index contributed by atoms with van der Waals surface area (Å²) in [4.78, 5) is 29.2. The van der Waals surface area contributed by atoms with Gasteiger partial charge in [-0.05, 0) is 37.6 Å². The zero-order chi connectivity index (χ0) is 19.7. The normalized spacial score (nSPS) is 10.8. The average molecular weight is 391 g/mol. The Morgan fingerprint density at radius 3 is 2.70 bits per heavy atom. The largest absolute Gasteiger partial charge is 0.451 e. The third-order valence-electron chi connectivity index (χ3n) is 3.75. The molecule has 0 atom stereocenters. The number of nitrogen functional groups attached to an aromatic ring is 1. The summed E-state index contributed by atoms with van der Waals surface area (Å²) in [6.07, 6.45) is 0. The molecule has 3 aromatic rings. The van der Waals surface area contributed by atoms with Crippen LogP contribution in [0.25, 0.3) is 10.2 Å². The minimum atomic E-state index is -0.930. The molecular formula is C18H15F2N3O3S. The zero-order valence-electron chi connectivity index (χ0n) is 14.4. The number of nitrogens with two attached hydrogens (primary N) is 1. The summed E-state index contributed by atoms with van der Waals surface area (Å²) in [5.41, 5.74) is 7.75. The Kier molecular flexibility index (Phi) is 5.04. The lowest BCUT2D eigenvalue weighted by Gasteiger charge is -2.07. The summed E-state index contributed by atoms with van der Waals surface area (Å²) in [5.74, 6) is -3.24. The first kappa shape index (κ1) is 18.7.